The summed E-state index contributed by atoms with van der Waals surface area (Å²) in [6.07, 6.45) is 2.45. The fraction of sp³-hybridized carbons (Fsp3) is 0. The fourth-order valence-corrected chi connectivity index (χ4v) is 2.06. The van der Waals surface area contributed by atoms with Crippen LogP contribution in [0.3, 0.4) is 0 Å². The molecule has 0 amide bonds. The van der Waals surface area contributed by atoms with E-state index in [0.29, 0.717) is 16.8 Å². The van der Waals surface area contributed by atoms with Gasteiger partial charge in [-0.25, -0.2) is 4.68 Å². The zero-order valence-electron chi connectivity index (χ0n) is 10.6. The normalized spacial score (nSPS) is 10.4. The Morgan fingerprint density at radius 1 is 1.05 bits per heavy atom. The second kappa shape index (κ2) is 5.01. The van der Waals surface area contributed by atoms with E-state index < -0.39 is 0 Å². The van der Waals surface area contributed by atoms with Crippen molar-refractivity contribution in [1.29, 1.82) is 0 Å². The van der Waals surface area contributed by atoms with Crippen molar-refractivity contribution in [2.75, 3.05) is 0 Å². The molecule has 3 rings (SSSR count). The van der Waals surface area contributed by atoms with Crippen LogP contribution in [0.15, 0.2) is 60.8 Å². The van der Waals surface area contributed by atoms with Crippen LogP contribution in [-0.4, -0.2) is 21.2 Å². The molecular formula is C16H12N2O2. The summed E-state index contributed by atoms with van der Waals surface area (Å²) in [5.74, 6) is 0.147. The van der Waals surface area contributed by atoms with Crippen LogP contribution < -0.4 is 0 Å². The number of hydrogen-bond donors (Lipinski definition) is 1. The highest BCUT2D eigenvalue weighted by molar-refractivity contribution is 5.85. The van der Waals surface area contributed by atoms with Gasteiger partial charge >= 0.3 is 0 Å². The Hall–Kier alpha value is -2.88. The van der Waals surface area contributed by atoms with Gasteiger partial charge in [0, 0.05) is 11.8 Å². The molecule has 4 heteroatoms. The number of carbonyl (C=O) groups is 1. The van der Waals surface area contributed by atoms with Crippen molar-refractivity contribution in [1.82, 2.24) is 9.78 Å². The third-order valence-electron chi connectivity index (χ3n) is 3.01. The van der Waals surface area contributed by atoms with Crippen LogP contribution >= 0.6 is 0 Å². The summed E-state index contributed by atoms with van der Waals surface area (Å²) in [6, 6.07) is 16.3. The van der Waals surface area contributed by atoms with Gasteiger partial charge in [0.05, 0.1) is 11.3 Å². The van der Waals surface area contributed by atoms with Crippen LogP contribution in [0.1, 0.15) is 10.4 Å². The van der Waals surface area contributed by atoms with Gasteiger partial charge in [-0.1, -0.05) is 30.3 Å². The molecular weight excluding hydrogens is 252 g/mol. The summed E-state index contributed by atoms with van der Waals surface area (Å²) in [5, 5.41) is 14.0. The summed E-state index contributed by atoms with van der Waals surface area (Å²) in [5.41, 5.74) is 2.63. The zero-order chi connectivity index (χ0) is 13.9. The number of aromatic hydroxyl groups is 1. The first-order valence-corrected chi connectivity index (χ1v) is 6.17. The highest BCUT2D eigenvalue weighted by Gasteiger charge is 2.11. The fourth-order valence-electron chi connectivity index (χ4n) is 2.06. The smallest absolute Gasteiger partial charge is 0.153 e. The van der Waals surface area contributed by atoms with Crippen molar-refractivity contribution in [3.63, 3.8) is 0 Å². The minimum atomic E-state index is 0.147. The molecule has 0 saturated carbocycles. The zero-order valence-corrected chi connectivity index (χ0v) is 10.6. The van der Waals surface area contributed by atoms with Gasteiger partial charge in [-0.3, -0.25) is 4.79 Å². The highest BCUT2D eigenvalue weighted by atomic mass is 16.3. The molecule has 1 N–H and O–H groups in total. The van der Waals surface area contributed by atoms with E-state index in [2.05, 4.69) is 5.10 Å². The minimum absolute atomic E-state index is 0.147. The first-order valence-electron chi connectivity index (χ1n) is 6.17. The van der Waals surface area contributed by atoms with Gasteiger partial charge in [0.15, 0.2) is 6.29 Å². The number of hydrogen-bond acceptors (Lipinski definition) is 3. The molecule has 3 aromatic rings. The van der Waals surface area contributed by atoms with Crippen LogP contribution in [0.25, 0.3) is 16.9 Å². The van der Waals surface area contributed by atoms with Crippen molar-refractivity contribution in [2.24, 2.45) is 0 Å². The number of nitrogens with zero attached hydrogens (tertiary/aromatic N) is 2. The Morgan fingerprint density at radius 2 is 1.85 bits per heavy atom. The second-order valence-electron chi connectivity index (χ2n) is 4.38. The Morgan fingerprint density at radius 3 is 2.55 bits per heavy atom. The number of para-hydroxylation sites is 1. The molecule has 98 valence electrons. The molecule has 0 bridgehead atoms. The van der Waals surface area contributed by atoms with Gasteiger partial charge in [-0.2, -0.15) is 5.10 Å². The number of benzene rings is 2. The molecule has 0 aliphatic carbocycles. The summed E-state index contributed by atoms with van der Waals surface area (Å²) in [4.78, 5) is 11.2. The van der Waals surface area contributed by atoms with E-state index in [-0.39, 0.29) is 5.75 Å². The number of phenolic OH excluding ortho intramolecular Hbond substituents is 1. The lowest BCUT2D eigenvalue weighted by Gasteiger charge is -2.00. The summed E-state index contributed by atoms with van der Waals surface area (Å²) < 4.78 is 1.66. The molecule has 0 fully saturated rings. The van der Waals surface area contributed by atoms with Gasteiger partial charge in [0.2, 0.25) is 0 Å². The molecule has 0 unspecified atom stereocenters. The average Bonchev–Trinajstić information content (AvgIpc) is 2.92. The quantitative estimate of drug-likeness (QED) is 0.740. The van der Waals surface area contributed by atoms with Gasteiger partial charge < -0.3 is 5.11 Å². The molecule has 1 heterocycles. The van der Waals surface area contributed by atoms with E-state index in [4.69, 9.17) is 0 Å². The van der Waals surface area contributed by atoms with E-state index in [1.54, 1.807) is 29.1 Å². The van der Waals surface area contributed by atoms with Gasteiger partial charge in [-0.15, -0.1) is 0 Å². The molecule has 0 radical (unpaired) electrons. The molecule has 0 spiro atoms. The van der Waals surface area contributed by atoms with Crippen molar-refractivity contribution in [3.05, 3.63) is 66.4 Å². The third-order valence-corrected chi connectivity index (χ3v) is 3.01. The van der Waals surface area contributed by atoms with E-state index in [1.165, 1.54) is 0 Å². The predicted octanol–water partition coefficient (Wildman–Crippen LogP) is 3.06. The number of phenols is 1. The molecule has 0 aliphatic rings. The molecule has 1 aromatic heterocycles. The summed E-state index contributed by atoms with van der Waals surface area (Å²) in [6.45, 7) is 0. The molecule has 0 atom stereocenters. The number of carbonyl (C=O) groups excluding carboxylic acids is 1. The first-order chi connectivity index (χ1) is 9.78. The standard InChI is InChI=1S/C16H12N2O2/c19-11-13-10-18(14-6-2-1-3-7-14)17-16(13)12-5-4-8-15(20)9-12/h1-11,20H. The molecule has 0 aliphatic heterocycles. The van der Waals surface area contributed by atoms with Gasteiger partial charge in [-0.05, 0) is 24.3 Å². The lowest BCUT2D eigenvalue weighted by atomic mass is 10.1. The number of rotatable bonds is 3. The Bertz CT molecular complexity index is 748. The molecule has 20 heavy (non-hydrogen) atoms. The SMILES string of the molecule is O=Cc1cn(-c2ccccc2)nc1-c1cccc(O)c1. The topological polar surface area (TPSA) is 55.1 Å². The number of aromatic nitrogens is 2. The maximum absolute atomic E-state index is 11.2. The molecule has 0 saturated heterocycles. The lowest BCUT2D eigenvalue weighted by molar-refractivity contribution is 0.112. The second-order valence-corrected chi connectivity index (χ2v) is 4.38. The largest absolute Gasteiger partial charge is 0.508 e. The van der Waals surface area contributed by atoms with E-state index in [1.807, 2.05) is 36.4 Å². The van der Waals surface area contributed by atoms with Crippen LogP contribution in [0.2, 0.25) is 0 Å². The van der Waals surface area contributed by atoms with Crippen LogP contribution in [-0.2, 0) is 0 Å². The van der Waals surface area contributed by atoms with Crippen LogP contribution in [0.4, 0.5) is 0 Å². The molecule has 2 aromatic carbocycles. The van der Waals surface area contributed by atoms with Crippen molar-refractivity contribution in [2.45, 2.75) is 0 Å². The monoisotopic (exact) mass is 264 g/mol. The number of aldehydes is 1. The average molecular weight is 264 g/mol. The van der Waals surface area contributed by atoms with Gasteiger partial charge in [0.25, 0.3) is 0 Å². The van der Waals surface area contributed by atoms with E-state index >= 15 is 0 Å². The maximum Gasteiger partial charge on any atom is 0.153 e. The van der Waals surface area contributed by atoms with E-state index in [9.17, 15) is 9.90 Å². The van der Waals surface area contributed by atoms with Gasteiger partial charge in [0.1, 0.15) is 11.4 Å². The van der Waals surface area contributed by atoms with Crippen molar-refractivity contribution >= 4 is 6.29 Å². The van der Waals surface area contributed by atoms with Crippen molar-refractivity contribution in [3.8, 4) is 22.7 Å². The Kier molecular flexibility index (Phi) is 3.05. The summed E-state index contributed by atoms with van der Waals surface area (Å²) in [7, 11) is 0. The minimum Gasteiger partial charge on any atom is -0.508 e. The van der Waals surface area contributed by atoms with Crippen LogP contribution in [0, 0.1) is 0 Å². The van der Waals surface area contributed by atoms with Crippen LogP contribution in [0.5, 0.6) is 5.75 Å². The van der Waals surface area contributed by atoms with E-state index in [0.717, 1.165) is 12.0 Å². The van der Waals surface area contributed by atoms with Crippen molar-refractivity contribution < 1.29 is 9.90 Å². The maximum atomic E-state index is 11.2. The third kappa shape index (κ3) is 2.19. The lowest BCUT2D eigenvalue weighted by Crippen LogP contribution is -1.93. The Labute approximate surface area is 115 Å². The Balaban J connectivity index is 2.13. The predicted molar refractivity (Wildman–Crippen MR) is 76.1 cm³/mol. The summed E-state index contributed by atoms with van der Waals surface area (Å²) >= 11 is 0. The molecule has 4 nitrogen and oxygen atoms in total. The first kappa shape index (κ1) is 12.2. The highest BCUT2D eigenvalue weighted by Crippen LogP contribution is 2.25.